The molecule has 0 radical (unpaired) electrons. The summed E-state index contributed by atoms with van der Waals surface area (Å²) < 4.78 is 10.5. The molecule has 8 nitrogen and oxygen atoms in total. The third kappa shape index (κ3) is 4.91. The Morgan fingerprint density at radius 3 is 2.53 bits per heavy atom. The van der Waals surface area contributed by atoms with E-state index in [-0.39, 0.29) is 22.6 Å². The molecule has 2 N–H and O–H groups in total. The number of carbonyl (C=O) groups is 3. The van der Waals surface area contributed by atoms with Gasteiger partial charge in [-0.1, -0.05) is 12.1 Å². The van der Waals surface area contributed by atoms with E-state index in [9.17, 15) is 19.6 Å². The quantitative estimate of drug-likeness (QED) is 0.339. The molecule has 3 aromatic rings. The lowest BCUT2D eigenvalue weighted by atomic mass is 10.0. The van der Waals surface area contributed by atoms with Gasteiger partial charge in [0.1, 0.15) is 23.2 Å². The summed E-state index contributed by atoms with van der Waals surface area (Å²) >= 11 is 0. The Bertz CT molecular complexity index is 1280. The topological polar surface area (TPSA) is 130 Å². The molecule has 0 atom stereocenters. The van der Waals surface area contributed by atoms with Crippen molar-refractivity contribution in [1.29, 1.82) is 5.26 Å². The molecule has 0 bridgehead atoms. The molecule has 1 aromatic heterocycles. The van der Waals surface area contributed by atoms with Crippen LogP contribution in [-0.4, -0.2) is 30.1 Å². The van der Waals surface area contributed by atoms with Crippen LogP contribution in [0.3, 0.4) is 0 Å². The van der Waals surface area contributed by atoms with Gasteiger partial charge in [0.05, 0.1) is 18.2 Å². The van der Waals surface area contributed by atoms with E-state index in [0.717, 1.165) is 11.1 Å². The largest absolute Gasteiger partial charge is 0.478 e. The molecule has 0 unspecified atom stereocenters. The van der Waals surface area contributed by atoms with E-state index in [0.29, 0.717) is 11.3 Å². The first-order valence-electron chi connectivity index (χ1n) is 9.38. The van der Waals surface area contributed by atoms with E-state index in [1.807, 2.05) is 13.0 Å². The Balaban J connectivity index is 1.82. The minimum absolute atomic E-state index is 0.00884. The van der Waals surface area contributed by atoms with Crippen LogP contribution >= 0.6 is 0 Å². The number of methoxy groups -OCH3 is 1. The molecule has 0 aliphatic heterocycles. The van der Waals surface area contributed by atoms with Gasteiger partial charge in [-0.25, -0.2) is 9.59 Å². The van der Waals surface area contributed by atoms with Crippen LogP contribution in [0.4, 0.5) is 5.69 Å². The molecule has 8 heteroatoms. The molecule has 1 heterocycles. The van der Waals surface area contributed by atoms with Gasteiger partial charge in [-0.2, -0.15) is 5.26 Å². The number of aryl methyl sites for hydroxylation is 1. The van der Waals surface area contributed by atoms with Crippen LogP contribution in [0.2, 0.25) is 0 Å². The van der Waals surface area contributed by atoms with Gasteiger partial charge in [-0.3, -0.25) is 4.79 Å². The second kappa shape index (κ2) is 9.45. The van der Waals surface area contributed by atoms with Gasteiger partial charge < -0.3 is 19.6 Å². The summed E-state index contributed by atoms with van der Waals surface area (Å²) in [7, 11) is 1.31. The number of hydrogen-bond acceptors (Lipinski definition) is 6. The van der Waals surface area contributed by atoms with Gasteiger partial charge in [0, 0.05) is 17.3 Å². The summed E-state index contributed by atoms with van der Waals surface area (Å²) in [4.78, 5) is 35.2. The lowest BCUT2D eigenvalue weighted by molar-refractivity contribution is -0.112. The number of nitrogens with zero attached hydrogens (tertiary/aromatic N) is 1. The van der Waals surface area contributed by atoms with Gasteiger partial charge in [0.2, 0.25) is 0 Å². The Hall–Kier alpha value is -4.64. The molecule has 0 aliphatic carbocycles. The number of furan rings is 1. The molecule has 3 rings (SSSR count). The number of hydrogen-bond donors (Lipinski definition) is 2. The normalized spacial score (nSPS) is 10.8. The van der Waals surface area contributed by atoms with Crippen molar-refractivity contribution in [3.63, 3.8) is 0 Å². The fourth-order valence-electron chi connectivity index (χ4n) is 2.98. The smallest absolute Gasteiger partial charge is 0.337 e. The molecule has 32 heavy (non-hydrogen) atoms. The second-order valence-electron chi connectivity index (χ2n) is 6.73. The van der Waals surface area contributed by atoms with Crippen LogP contribution < -0.4 is 5.32 Å². The second-order valence-corrected chi connectivity index (χ2v) is 6.73. The average Bonchev–Trinajstić information content (AvgIpc) is 3.25. The third-order valence-electron chi connectivity index (χ3n) is 4.56. The fraction of sp³-hybridized carbons (Fsp3) is 0.0833. The minimum atomic E-state index is -1.13. The van der Waals surface area contributed by atoms with E-state index in [1.54, 1.807) is 30.3 Å². The van der Waals surface area contributed by atoms with Gasteiger partial charge >= 0.3 is 11.9 Å². The summed E-state index contributed by atoms with van der Waals surface area (Å²) in [5, 5.41) is 20.9. The van der Waals surface area contributed by atoms with Gasteiger partial charge in [-0.05, 0) is 55.0 Å². The lowest BCUT2D eigenvalue weighted by Crippen LogP contribution is -2.13. The van der Waals surface area contributed by atoms with Crippen molar-refractivity contribution >= 4 is 29.6 Å². The van der Waals surface area contributed by atoms with Crippen molar-refractivity contribution in [3.8, 4) is 17.4 Å². The number of aromatic carboxylic acids is 1. The van der Waals surface area contributed by atoms with E-state index in [1.165, 1.54) is 37.5 Å². The maximum Gasteiger partial charge on any atom is 0.337 e. The van der Waals surface area contributed by atoms with Gasteiger partial charge in [-0.15, -0.1) is 0 Å². The molecule has 1 amide bonds. The van der Waals surface area contributed by atoms with Crippen molar-refractivity contribution in [3.05, 3.63) is 82.6 Å². The Kier molecular flexibility index (Phi) is 6.51. The van der Waals surface area contributed by atoms with Crippen LogP contribution in [0.25, 0.3) is 17.4 Å². The zero-order valence-electron chi connectivity index (χ0n) is 17.2. The van der Waals surface area contributed by atoms with Crippen LogP contribution in [0, 0.1) is 18.3 Å². The number of carbonyl (C=O) groups excluding carboxylic acids is 2. The van der Waals surface area contributed by atoms with Crippen molar-refractivity contribution in [2.75, 3.05) is 12.4 Å². The van der Waals surface area contributed by atoms with Crippen LogP contribution in [0.15, 0.2) is 64.6 Å². The molecular formula is C24H18N2O6. The molecule has 0 spiro atoms. The number of anilines is 1. The number of esters is 1. The van der Waals surface area contributed by atoms with Crippen LogP contribution in [0.5, 0.6) is 0 Å². The van der Waals surface area contributed by atoms with E-state index in [2.05, 4.69) is 5.32 Å². The Morgan fingerprint density at radius 2 is 1.88 bits per heavy atom. The summed E-state index contributed by atoms with van der Waals surface area (Å²) in [6, 6.07) is 15.8. The maximum absolute atomic E-state index is 12.5. The highest BCUT2D eigenvalue weighted by Crippen LogP contribution is 2.27. The maximum atomic E-state index is 12.5. The highest BCUT2D eigenvalue weighted by Gasteiger charge is 2.14. The van der Waals surface area contributed by atoms with E-state index in [4.69, 9.17) is 14.3 Å². The summed E-state index contributed by atoms with van der Waals surface area (Å²) in [6.45, 7) is 1.82. The average molecular weight is 430 g/mol. The number of amides is 1. The number of ether oxygens (including phenoxy) is 1. The number of nitriles is 1. The highest BCUT2D eigenvalue weighted by atomic mass is 16.5. The fourth-order valence-corrected chi connectivity index (χ4v) is 2.98. The summed E-state index contributed by atoms with van der Waals surface area (Å²) in [6.07, 6.45) is 1.29. The Labute approximate surface area is 183 Å². The zero-order valence-corrected chi connectivity index (χ0v) is 17.2. The van der Waals surface area contributed by atoms with E-state index >= 15 is 0 Å². The standard InChI is InChI=1S/C24H18N2O6/c1-14-10-16(24(30)31-2)6-8-20(14)21-9-7-19(32-21)12-17(13-25)22(27)26-18-5-3-4-15(11-18)23(28)29/h3-12H,1-2H3,(H,26,27)(H,28,29)/b17-12-. The monoisotopic (exact) mass is 430 g/mol. The van der Waals surface area contributed by atoms with Crippen molar-refractivity contribution in [1.82, 2.24) is 0 Å². The number of benzene rings is 2. The number of nitrogens with one attached hydrogen (secondary N) is 1. The first-order chi connectivity index (χ1) is 15.3. The third-order valence-corrected chi connectivity index (χ3v) is 4.56. The first kappa shape index (κ1) is 22.1. The van der Waals surface area contributed by atoms with Crippen molar-refractivity contribution in [2.45, 2.75) is 6.92 Å². The molecule has 0 fully saturated rings. The summed E-state index contributed by atoms with van der Waals surface area (Å²) in [5.74, 6) is -1.50. The van der Waals surface area contributed by atoms with Crippen molar-refractivity contribution < 1.29 is 28.6 Å². The number of carboxylic acids is 1. The molecular weight excluding hydrogens is 412 g/mol. The number of rotatable bonds is 6. The SMILES string of the molecule is COC(=O)c1ccc(-c2ccc(/C=C(/C#N)C(=O)Nc3cccc(C(=O)O)c3)o2)c(C)c1. The van der Waals surface area contributed by atoms with Crippen LogP contribution in [0.1, 0.15) is 32.0 Å². The lowest BCUT2D eigenvalue weighted by Gasteiger charge is -2.06. The molecule has 0 aliphatic rings. The molecule has 0 saturated carbocycles. The molecule has 0 saturated heterocycles. The predicted octanol–water partition coefficient (Wildman–Crippen LogP) is 4.29. The molecule has 160 valence electrons. The zero-order chi connectivity index (χ0) is 23.3. The van der Waals surface area contributed by atoms with E-state index < -0.39 is 17.8 Å². The minimum Gasteiger partial charge on any atom is -0.478 e. The first-order valence-corrected chi connectivity index (χ1v) is 9.38. The Morgan fingerprint density at radius 1 is 1.09 bits per heavy atom. The van der Waals surface area contributed by atoms with Crippen molar-refractivity contribution in [2.24, 2.45) is 0 Å². The predicted molar refractivity (Wildman–Crippen MR) is 116 cm³/mol. The molecule has 2 aromatic carbocycles. The number of carboxylic acid groups (broad SMARTS) is 1. The van der Waals surface area contributed by atoms with Gasteiger partial charge in [0.15, 0.2) is 0 Å². The van der Waals surface area contributed by atoms with Gasteiger partial charge in [0.25, 0.3) is 5.91 Å². The summed E-state index contributed by atoms with van der Waals surface area (Å²) in [5.41, 5.74) is 1.98. The van der Waals surface area contributed by atoms with Crippen LogP contribution in [-0.2, 0) is 9.53 Å². The highest BCUT2D eigenvalue weighted by molar-refractivity contribution is 6.09.